The maximum Gasteiger partial charge on any atom is 0.215 e. The fourth-order valence-corrected chi connectivity index (χ4v) is 4.10. The van der Waals surface area contributed by atoms with E-state index < -0.39 is 10.0 Å². The fourth-order valence-electron chi connectivity index (χ4n) is 1.61. The van der Waals surface area contributed by atoms with Crippen LogP contribution in [0.1, 0.15) is 0 Å². The van der Waals surface area contributed by atoms with Gasteiger partial charge in [-0.2, -0.15) is 11.8 Å². The van der Waals surface area contributed by atoms with Gasteiger partial charge in [0.25, 0.3) is 0 Å². The van der Waals surface area contributed by atoms with E-state index in [1.165, 1.54) is 0 Å². The van der Waals surface area contributed by atoms with Gasteiger partial charge in [-0.15, -0.1) is 30.4 Å². The Bertz CT molecular complexity index is 442. The summed E-state index contributed by atoms with van der Waals surface area (Å²) in [7, 11) is -1.56. The second kappa shape index (κ2) is 10.5. The Kier molecular flexibility index (Phi) is 10.4. The Morgan fingerprint density at radius 1 is 1.40 bits per heavy atom. The van der Waals surface area contributed by atoms with Crippen LogP contribution in [0.4, 0.5) is 0 Å². The summed E-state index contributed by atoms with van der Waals surface area (Å²) in [6, 6.07) is 0. The topological polar surface area (TPSA) is 73.8 Å². The third kappa shape index (κ3) is 7.01. The van der Waals surface area contributed by atoms with E-state index in [1.54, 1.807) is 23.1 Å². The van der Waals surface area contributed by atoms with E-state index in [1.807, 2.05) is 0 Å². The predicted octanol–water partition coefficient (Wildman–Crippen LogP) is -0.219. The molecule has 20 heavy (non-hydrogen) atoms. The van der Waals surface area contributed by atoms with Gasteiger partial charge >= 0.3 is 0 Å². The van der Waals surface area contributed by atoms with E-state index in [2.05, 4.69) is 21.5 Å². The Morgan fingerprint density at radius 2 is 2.05 bits per heavy atom. The molecule has 0 radical (unpaired) electrons. The number of sulfonamides is 1. The zero-order chi connectivity index (χ0) is 14.1. The highest BCUT2D eigenvalue weighted by Crippen LogP contribution is 2.12. The maximum atomic E-state index is 12.1. The zero-order valence-corrected chi connectivity index (χ0v) is 15.4. The van der Waals surface area contributed by atoms with E-state index in [4.69, 9.17) is 6.42 Å². The molecule has 1 saturated heterocycles. The second-order valence-electron chi connectivity index (χ2n) is 3.88. The molecule has 2 N–H and O–H groups in total. The van der Waals surface area contributed by atoms with Gasteiger partial charge in [0.1, 0.15) is 0 Å². The van der Waals surface area contributed by atoms with E-state index in [-0.39, 0.29) is 29.7 Å². The van der Waals surface area contributed by atoms with Crippen LogP contribution in [0, 0.1) is 12.3 Å². The van der Waals surface area contributed by atoms with E-state index in [0.717, 1.165) is 11.5 Å². The van der Waals surface area contributed by atoms with Crippen molar-refractivity contribution in [2.75, 3.05) is 50.5 Å². The normalized spacial score (nSPS) is 16.9. The number of terminal acetylenes is 1. The summed E-state index contributed by atoms with van der Waals surface area (Å²) in [6.07, 6.45) is 5.13. The third-order valence-electron chi connectivity index (χ3n) is 2.60. The molecule has 0 aromatic rings. The summed E-state index contributed by atoms with van der Waals surface area (Å²) >= 11 is 1.79. The molecule has 1 fully saturated rings. The van der Waals surface area contributed by atoms with Crippen molar-refractivity contribution in [1.29, 1.82) is 0 Å². The molecule has 0 bridgehead atoms. The molecule has 0 aromatic heterocycles. The smallest absolute Gasteiger partial charge is 0.215 e. The summed E-state index contributed by atoms with van der Waals surface area (Å²) in [5, 5.41) is 5.81. The molecular weight excluding hydrogens is 411 g/mol. The zero-order valence-electron chi connectivity index (χ0n) is 11.5. The molecule has 6 nitrogen and oxygen atoms in total. The SMILES string of the molecule is C#CCNC(=NC)NCCS(=O)(=O)N1CCSCC1.I. The van der Waals surface area contributed by atoms with Crippen molar-refractivity contribution in [3.8, 4) is 12.3 Å². The van der Waals surface area contributed by atoms with Gasteiger partial charge in [-0.1, -0.05) is 5.92 Å². The summed E-state index contributed by atoms with van der Waals surface area (Å²) in [5.74, 6) is 4.76. The number of nitrogens with one attached hydrogen (secondary N) is 2. The Hall–Kier alpha value is -0.180. The van der Waals surface area contributed by atoms with Crippen molar-refractivity contribution in [2.24, 2.45) is 4.99 Å². The standard InChI is InChI=1S/C11H20N4O2S2.HI/c1-3-4-13-11(12-2)14-5-10-19(16,17)15-6-8-18-9-7-15;/h1H,4-10H2,2H3,(H2,12,13,14);1H. The molecule has 1 rings (SSSR count). The van der Waals surface area contributed by atoms with Gasteiger partial charge in [-0.3, -0.25) is 4.99 Å². The lowest BCUT2D eigenvalue weighted by atomic mass is 10.6. The number of nitrogens with zero attached hydrogens (tertiary/aromatic N) is 2. The monoisotopic (exact) mass is 432 g/mol. The molecule has 1 heterocycles. The van der Waals surface area contributed by atoms with Gasteiger partial charge in [0.05, 0.1) is 12.3 Å². The van der Waals surface area contributed by atoms with Crippen molar-refractivity contribution < 1.29 is 8.42 Å². The van der Waals surface area contributed by atoms with Crippen molar-refractivity contribution in [1.82, 2.24) is 14.9 Å². The van der Waals surface area contributed by atoms with E-state index in [0.29, 0.717) is 32.1 Å². The van der Waals surface area contributed by atoms with Crippen LogP contribution >= 0.6 is 35.7 Å². The summed E-state index contributed by atoms with van der Waals surface area (Å²) in [5.41, 5.74) is 0. The van der Waals surface area contributed by atoms with Crippen LogP contribution in [0.25, 0.3) is 0 Å². The highest BCUT2D eigenvalue weighted by Gasteiger charge is 2.23. The van der Waals surface area contributed by atoms with Crippen molar-refractivity contribution >= 4 is 51.7 Å². The molecule has 116 valence electrons. The number of guanidine groups is 1. The molecule has 9 heteroatoms. The predicted molar refractivity (Wildman–Crippen MR) is 96.3 cm³/mol. The molecule has 0 spiro atoms. The third-order valence-corrected chi connectivity index (χ3v) is 5.41. The van der Waals surface area contributed by atoms with Gasteiger partial charge in [0, 0.05) is 38.2 Å². The largest absolute Gasteiger partial charge is 0.355 e. The Balaban J connectivity index is 0.00000361. The lowest BCUT2D eigenvalue weighted by molar-refractivity contribution is 0.443. The summed E-state index contributed by atoms with van der Waals surface area (Å²) < 4.78 is 25.7. The van der Waals surface area contributed by atoms with Gasteiger partial charge in [-0.05, 0) is 0 Å². The van der Waals surface area contributed by atoms with Gasteiger partial charge < -0.3 is 10.6 Å². The fraction of sp³-hybridized carbons (Fsp3) is 0.727. The van der Waals surface area contributed by atoms with Gasteiger partial charge in [0.2, 0.25) is 10.0 Å². The average Bonchev–Trinajstić information content (AvgIpc) is 2.43. The lowest BCUT2D eigenvalue weighted by Gasteiger charge is -2.25. The first-order valence-corrected chi connectivity index (χ1v) is 8.80. The van der Waals surface area contributed by atoms with Crippen LogP contribution in [0.2, 0.25) is 0 Å². The second-order valence-corrected chi connectivity index (χ2v) is 7.20. The van der Waals surface area contributed by atoms with Crippen LogP contribution in [0.5, 0.6) is 0 Å². The number of hydrogen-bond donors (Lipinski definition) is 2. The highest BCUT2D eigenvalue weighted by atomic mass is 127. The van der Waals surface area contributed by atoms with Crippen molar-refractivity contribution in [3.63, 3.8) is 0 Å². The van der Waals surface area contributed by atoms with Gasteiger partial charge in [0.15, 0.2) is 5.96 Å². The first-order chi connectivity index (χ1) is 9.10. The summed E-state index contributed by atoms with van der Waals surface area (Å²) in [4.78, 5) is 3.94. The minimum absolute atomic E-state index is 0. The number of hydrogen-bond acceptors (Lipinski definition) is 4. The van der Waals surface area contributed by atoms with E-state index >= 15 is 0 Å². The van der Waals surface area contributed by atoms with Crippen LogP contribution in [0.15, 0.2) is 4.99 Å². The number of halogens is 1. The van der Waals surface area contributed by atoms with Crippen LogP contribution in [-0.2, 0) is 10.0 Å². The van der Waals surface area contributed by atoms with Crippen LogP contribution < -0.4 is 10.6 Å². The van der Waals surface area contributed by atoms with E-state index in [9.17, 15) is 8.42 Å². The quantitative estimate of drug-likeness (QED) is 0.272. The Labute approximate surface area is 142 Å². The summed E-state index contributed by atoms with van der Waals surface area (Å²) in [6.45, 7) is 1.89. The minimum Gasteiger partial charge on any atom is -0.355 e. The lowest BCUT2D eigenvalue weighted by Crippen LogP contribution is -2.44. The molecule has 0 atom stereocenters. The van der Waals surface area contributed by atoms with Crippen LogP contribution in [-0.4, -0.2) is 69.2 Å². The molecule has 0 unspecified atom stereocenters. The highest BCUT2D eigenvalue weighted by molar-refractivity contribution is 14.0. The molecule has 0 saturated carbocycles. The number of thioether (sulfide) groups is 1. The van der Waals surface area contributed by atoms with Crippen LogP contribution in [0.3, 0.4) is 0 Å². The molecular formula is C11H21IN4O2S2. The number of rotatable bonds is 5. The van der Waals surface area contributed by atoms with Crippen molar-refractivity contribution in [2.45, 2.75) is 0 Å². The molecule has 1 aliphatic heterocycles. The molecule has 0 aliphatic carbocycles. The van der Waals surface area contributed by atoms with Crippen molar-refractivity contribution in [3.05, 3.63) is 0 Å². The van der Waals surface area contributed by atoms with Gasteiger partial charge in [-0.25, -0.2) is 12.7 Å². The molecule has 0 amide bonds. The first kappa shape index (κ1) is 19.8. The molecule has 1 aliphatic rings. The molecule has 0 aromatic carbocycles. The number of aliphatic imine (C=N–C) groups is 1. The Morgan fingerprint density at radius 3 is 2.60 bits per heavy atom. The maximum absolute atomic E-state index is 12.1. The first-order valence-electron chi connectivity index (χ1n) is 6.03. The minimum atomic E-state index is -3.17. The average molecular weight is 432 g/mol.